The van der Waals surface area contributed by atoms with Crippen molar-refractivity contribution in [1.29, 1.82) is 0 Å². The molecule has 0 amide bonds. The second-order valence-corrected chi connectivity index (χ2v) is 7.96. The number of imidazole rings is 1. The fourth-order valence-electron chi connectivity index (χ4n) is 4.18. The average Bonchev–Trinajstić information content (AvgIpc) is 3.28. The Morgan fingerprint density at radius 1 is 1.27 bits per heavy atom. The Kier molecular flexibility index (Phi) is 4.94. The molecule has 1 saturated heterocycles. The third-order valence-corrected chi connectivity index (χ3v) is 5.77. The summed E-state index contributed by atoms with van der Waals surface area (Å²) in [4.78, 5) is 20.6. The van der Waals surface area contributed by atoms with Gasteiger partial charge in [-0.25, -0.2) is 9.50 Å². The van der Waals surface area contributed by atoms with Gasteiger partial charge >= 0.3 is 0 Å². The van der Waals surface area contributed by atoms with Crippen LogP contribution in [0.5, 0.6) is 11.5 Å². The molecule has 1 N–H and O–H groups in total. The number of aromatic nitrogens is 4. The molecule has 2 fully saturated rings. The molecule has 0 bridgehead atoms. The van der Waals surface area contributed by atoms with Gasteiger partial charge in [0.05, 0.1) is 24.5 Å². The third-order valence-electron chi connectivity index (χ3n) is 5.77. The molecule has 8 nitrogen and oxygen atoms in total. The summed E-state index contributed by atoms with van der Waals surface area (Å²) in [6.45, 7) is 5.54. The van der Waals surface area contributed by atoms with Gasteiger partial charge in [0, 0.05) is 5.92 Å². The van der Waals surface area contributed by atoms with E-state index < -0.39 is 0 Å². The molecule has 1 unspecified atom stereocenters. The lowest BCUT2D eigenvalue weighted by Crippen LogP contribution is -2.16. The highest BCUT2D eigenvalue weighted by Gasteiger charge is 2.26. The minimum Gasteiger partial charge on any atom is -0.493 e. The number of aromatic amines is 1. The normalized spacial score (nSPS) is 18.8. The summed E-state index contributed by atoms with van der Waals surface area (Å²) in [5.74, 6) is 3.00. The zero-order chi connectivity index (χ0) is 20.7. The number of epoxide rings is 1. The Labute approximate surface area is 174 Å². The molecule has 0 radical (unpaired) electrons. The Bertz CT molecular complexity index is 1130. The number of nitrogens with one attached hydrogen (secondary N) is 1. The molecule has 8 heteroatoms. The lowest BCUT2D eigenvalue weighted by molar-refractivity contribution is 0.262. The van der Waals surface area contributed by atoms with Crippen molar-refractivity contribution in [2.75, 3.05) is 19.8 Å². The van der Waals surface area contributed by atoms with Crippen molar-refractivity contribution in [2.45, 2.75) is 51.6 Å². The largest absolute Gasteiger partial charge is 0.493 e. The van der Waals surface area contributed by atoms with E-state index in [-0.39, 0.29) is 11.7 Å². The van der Waals surface area contributed by atoms with Crippen LogP contribution in [0.2, 0.25) is 0 Å². The van der Waals surface area contributed by atoms with Gasteiger partial charge in [-0.15, -0.1) is 5.10 Å². The van der Waals surface area contributed by atoms with Crippen molar-refractivity contribution in [3.05, 3.63) is 40.1 Å². The lowest BCUT2D eigenvalue weighted by Gasteiger charge is -2.13. The Hall–Kier alpha value is -2.87. The molecule has 1 atom stereocenters. The van der Waals surface area contributed by atoms with Crippen molar-refractivity contribution in [2.24, 2.45) is 0 Å². The predicted molar refractivity (Wildman–Crippen MR) is 111 cm³/mol. The van der Waals surface area contributed by atoms with Gasteiger partial charge < -0.3 is 19.2 Å². The first-order chi connectivity index (χ1) is 14.6. The zero-order valence-corrected chi connectivity index (χ0v) is 17.3. The quantitative estimate of drug-likeness (QED) is 0.601. The number of benzene rings is 1. The highest BCUT2D eigenvalue weighted by Crippen LogP contribution is 2.35. The molecular weight excluding hydrogens is 384 g/mol. The van der Waals surface area contributed by atoms with Crippen LogP contribution in [0, 0.1) is 6.92 Å². The maximum absolute atomic E-state index is 13.0. The van der Waals surface area contributed by atoms with Crippen LogP contribution in [0.3, 0.4) is 0 Å². The number of H-pyrrole nitrogens is 1. The van der Waals surface area contributed by atoms with Crippen molar-refractivity contribution in [1.82, 2.24) is 19.6 Å². The van der Waals surface area contributed by atoms with Crippen LogP contribution in [0.25, 0.3) is 16.9 Å². The van der Waals surface area contributed by atoms with E-state index in [0.717, 1.165) is 25.3 Å². The third kappa shape index (κ3) is 3.56. The van der Waals surface area contributed by atoms with Crippen LogP contribution in [0.1, 0.15) is 50.0 Å². The number of rotatable bonds is 7. The van der Waals surface area contributed by atoms with Crippen molar-refractivity contribution < 1.29 is 14.2 Å². The summed E-state index contributed by atoms with van der Waals surface area (Å²) in [7, 11) is 0. The fraction of sp³-hybridized carbons (Fsp3) is 0.500. The Morgan fingerprint density at radius 3 is 2.80 bits per heavy atom. The minimum absolute atomic E-state index is 0.164. The second kappa shape index (κ2) is 7.75. The van der Waals surface area contributed by atoms with E-state index in [1.54, 1.807) is 4.52 Å². The summed E-state index contributed by atoms with van der Waals surface area (Å²) in [5, 5.41) is 4.80. The first-order valence-corrected chi connectivity index (χ1v) is 10.6. The average molecular weight is 410 g/mol. The highest BCUT2D eigenvalue weighted by molar-refractivity contribution is 5.67. The summed E-state index contributed by atoms with van der Waals surface area (Å²) in [6.07, 6.45) is 4.70. The SMILES string of the molecule is CCOc1ccc(OCC2CO2)cc1-c1nn2c(C3CCCC3)nc(C)c2c(=O)[nH]1. The van der Waals surface area contributed by atoms with E-state index in [9.17, 15) is 4.79 Å². The van der Waals surface area contributed by atoms with Gasteiger partial charge in [0.25, 0.3) is 5.56 Å². The van der Waals surface area contributed by atoms with Gasteiger partial charge in [0.15, 0.2) is 11.3 Å². The molecule has 1 aliphatic heterocycles. The molecule has 5 rings (SSSR count). The van der Waals surface area contributed by atoms with Gasteiger partial charge in [0.2, 0.25) is 0 Å². The van der Waals surface area contributed by atoms with Crippen LogP contribution in [0.4, 0.5) is 0 Å². The van der Waals surface area contributed by atoms with Crippen LogP contribution in [-0.4, -0.2) is 45.5 Å². The topological polar surface area (TPSA) is 94.0 Å². The second-order valence-electron chi connectivity index (χ2n) is 7.96. The van der Waals surface area contributed by atoms with E-state index in [1.807, 2.05) is 32.0 Å². The Balaban J connectivity index is 1.61. The fourth-order valence-corrected chi connectivity index (χ4v) is 4.18. The number of hydrogen-bond donors (Lipinski definition) is 1. The predicted octanol–water partition coefficient (Wildman–Crippen LogP) is 3.23. The molecule has 30 heavy (non-hydrogen) atoms. The monoisotopic (exact) mass is 410 g/mol. The van der Waals surface area contributed by atoms with Crippen LogP contribution >= 0.6 is 0 Å². The molecule has 3 heterocycles. The molecule has 1 saturated carbocycles. The van der Waals surface area contributed by atoms with Crippen molar-refractivity contribution in [3.63, 3.8) is 0 Å². The van der Waals surface area contributed by atoms with Gasteiger partial charge in [-0.05, 0) is 44.9 Å². The molecule has 3 aromatic rings. The first-order valence-electron chi connectivity index (χ1n) is 10.6. The van der Waals surface area contributed by atoms with Crippen molar-refractivity contribution >= 4 is 5.52 Å². The maximum Gasteiger partial charge on any atom is 0.277 e. The van der Waals surface area contributed by atoms with Crippen LogP contribution < -0.4 is 15.0 Å². The number of nitrogens with zero attached hydrogens (tertiary/aromatic N) is 3. The van der Waals surface area contributed by atoms with E-state index in [0.29, 0.717) is 53.2 Å². The summed E-state index contributed by atoms with van der Waals surface area (Å²) in [6, 6.07) is 5.57. The number of hydrogen-bond acceptors (Lipinski definition) is 6. The van der Waals surface area contributed by atoms with E-state index >= 15 is 0 Å². The molecular formula is C22H26N4O4. The molecule has 0 spiro atoms. The van der Waals surface area contributed by atoms with Crippen molar-refractivity contribution in [3.8, 4) is 22.9 Å². The lowest BCUT2D eigenvalue weighted by atomic mass is 10.1. The minimum atomic E-state index is -0.200. The number of ether oxygens (including phenoxy) is 3. The van der Waals surface area contributed by atoms with E-state index in [1.165, 1.54) is 12.8 Å². The van der Waals surface area contributed by atoms with E-state index in [2.05, 4.69) is 4.98 Å². The van der Waals surface area contributed by atoms with E-state index in [4.69, 9.17) is 24.3 Å². The molecule has 158 valence electrons. The summed E-state index contributed by atoms with van der Waals surface area (Å²) >= 11 is 0. The van der Waals surface area contributed by atoms with Gasteiger partial charge in [-0.1, -0.05) is 12.8 Å². The molecule has 1 aliphatic carbocycles. The highest BCUT2D eigenvalue weighted by atomic mass is 16.6. The standard InChI is InChI=1S/C22H26N4O4/c1-3-28-18-9-8-15(29-11-16-12-30-16)10-17(18)20-24-22(27)19-13(2)23-21(26(19)25-20)14-6-4-5-7-14/h8-10,14,16H,3-7,11-12H2,1-2H3,(H,24,25,27). The number of fused-ring (bicyclic) bond motifs is 1. The molecule has 2 aromatic heterocycles. The zero-order valence-electron chi connectivity index (χ0n) is 17.3. The van der Waals surface area contributed by atoms with Gasteiger partial charge in [-0.2, -0.15) is 0 Å². The Morgan fingerprint density at radius 2 is 2.07 bits per heavy atom. The molecule has 1 aromatic carbocycles. The van der Waals surface area contributed by atoms with Gasteiger partial charge in [-0.3, -0.25) is 4.79 Å². The summed E-state index contributed by atoms with van der Waals surface area (Å²) in [5.41, 5.74) is 1.71. The maximum atomic E-state index is 13.0. The summed E-state index contributed by atoms with van der Waals surface area (Å²) < 4.78 is 18.6. The van der Waals surface area contributed by atoms with Crippen LogP contribution in [0.15, 0.2) is 23.0 Å². The molecule has 2 aliphatic rings. The van der Waals surface area contributed by atoms with Gasteiger partial charge in [0.1, 0.15) is 30.0 Å². The van der Waals surface area contributed by atoms with Crippen LogP contribution in [-0.2, 0) is 4.74 Å². The number of aryl methyl sites for hydroxylation is 1. The first kappa shape index (κ1) is 19.1. The smallest absolute Gasteiger partial charge is 0.277 e.